The van der Waals surface area contributed by atoms with Gasteiger partial charge < -0.3 is 0 Å². The number of nitrogens with zero attached hydrogens (tertiary/aromatic N) is 1. The molecule has 0 aromatic heterocycles. The fourth-order valence-electron chi connectivity index (χ4n) is 2.91. The first-order chi connectivity index (χ1) is 10.1. The largest absolute Gasteiger partial charge is 0.416 e. The van der Waals surface area contributed by atoms with Gasteiger partial charge >= 0.3 is 6.18 Å². The molecule has 0 radical (unpaired) electrons. The summed E-state index contributed by atoms with van der Waals surface area (Å²) in [5.41, 5.74) is 0.378. The van der Waals surface area contributed by atoms with Gasteiger partial charge in [0.15, 0.2) is 0 Å². The maximum absolute atomic E-state index is 13.4. The molecule has 0 spiro atoms. The van der Waals surface area contributed by atoms with Crippen LogP contribution in [0.5, 0.6) is 0 Å². The van der Waals surface area contributed by atoms with Gasteiger partial charge in [-0.1, -0.05) is 39.8 Å². The molecule has 0 saturated carbocycles. The maximum atomic E-state index is 13.4. The molecular weight excluding hydrogens is 287 g/mol. The highest BCUT2D eigenvalue weighted by Gasteiger charge is 2.35. The van der Waals surface area contributed by atoms with Gasteiger partial charge in [-0.3, -0.25) is 4.90 Å². The third-order valence-corrected chi connectivity index (χ3v) is 4.55. The molecule has 0 bridgehead atoms. The number of hydrogen-bond acceptors (Lipinski definition) is 1. The number of likely N-dealkylation sites (tertiary alicyclic amines) is 1. The molecule has 1 aromatic rings. The Hall–Kier alpha value is -1.03. The van der Waals surface area contributed by atoms with Crippen LogP contribution < -0.4 is 0 Å². The van der Waals surface area contributed by atoms with Gasteiger partial charge in [0.25, 0.3) is 0 Å². The Labute approximate surface area is 131 Å². The third-order valence-electron chi connectivity index (χ3n) is 4.55. The average molecular weight is 313 g/mol. The van der Waals surface area contributed by atoms with Gasteiger partial charge in [-0.15, -0.1) is 0 Å². The molecule has 0 N–H and O–H groups in total. The van der Waals surface area contributed by atoms with Gasteiger partial charge in [-0.05, 0) is 54.5 Å². The molecule has 0 amide bonds. The average Bonchev–Trinajstić information content (AvgIpc) is 2.39. The number of benzene rings is 1. The van der Waals surface area contributed by atoms with Gasteiger partial charge in [0, 0.05) is 6.54 Å². The minimum atomic E-state index is -4.29. The van der Waals surface area contributed by atoms with Gasteiger partial charge in [0.1, 0.15) is 0 Å². The minimum Gasteiger partial charge on any atom is -0.299 e. The Morgan fingerprint density at radius 3 is 2.18 bits per heavy atom. The summed E-state index contributed by atoms with van der Waals surface area (Å²) < 4.78 is 40.2. The lowest BCUT2D eigenvalue weighted by Gasteiger charge is -2.31. The molecule has 1 aliphatic rings. The monoisotopic (exact) mass is 313 g/mol. The van der Waals surface area contributed by atoms with Gasteiger partial charge in [-0.2, -0.15) is 13.2 Å². The molecule has 1 nitrogen and oxygen atoms in total. The fraction of sp³-hybridized carbons (Fsp3) is 0.667. The van der Waals surface area contributed by atoms with E-state index in [1.165, 1.54) is 6.07 Å². The second-order valence-electron chi connectivity index (χ2n) is 7.58. The van der Waals surface area contributed by atoms with Crippen LogP contribution in [0.15, 0.2) is 18.2 Å². The van der Waals surface area contributed by atoms with Crippen molar-refractivity contribution >= 4 is 0 Å². The zero-order chi connectivity index (χ0) is 16.5. The highest BCUT2D eigenvalue weighted by atomic mass is 19.4. The summed E-state index contributed by atoms with van der Waals surface area (Å²) in [4.78, 5) is 2.14. The van der Waals surface area contributed by atoms with E-state index in [1.807, 2.05) is 26.8 Å². The SMILES string of the molecule is CC1CCN(Cc2ccc(C(C)(C)C)cc2C(F)(F)F)CC1. The molecule has 1 aromatic carbocycles. The molecule has 0 atom stereocenters. The molecule has 0 unspecified atom stereocenters. The van der Waals surface area contributed by atoms with Crippen LogP contribution >= 0.6 is 0 Å². The van der Waals surface area contributed by atoms with E-state index in [0.29, 0.717) is 18.0 Å². The molecule has 22 heavy (non-hydrogen) atoms. The highest BCUT2D eigenvalue weighted by molar-refractivity contribution is 5.37. The van der Waals surface area contributed by atoms with E-state index < -0.39 is 11.7 Å². The Balaban J connectivity index is 2.27. The van der Waals surface area contributed by atoms with Crippen LogP contribution in [-0.2, 0) is 18.1 Å². The molecular formula is C18H26F3N. The van der Waals surface area contributed by atoms with E-state index in [9.17, 15) is 13.2 Å². The van der Waals surface area contributed by atoms with Crippen LogP contribution in [0.4, 0.5) is 13.2 Å². The maximum Gasteiger partial charge on any atom is 0.416 e. The van der Waals surface area contributed by atoms with Crippen molar-refractivity contribution in [2.75, 3.05) is 13.1 Å². The topological polar surface area (TPSA) is 3.24 Å². The Bertz CT molecular complexity index is 506. The van der Waals surface area contributed by atoms with Crippen molar-refractivity contribution in [1.29, 1.82) is 0 Å². The predicted molar refractivity (Wildman–Crippen MR) is 83.8 cm³/mol. The van der Waals surface area contributed by atoms with Gasteiger partial charge in [0.05, 0.1) is 5.56 Å². The first-order valence-corrected chi connectivity index (χ1v) is 8.00. The van der Waals surface area contributed by atoms with E-state index in [0.717, 1.165) is 31.5 Å². The van der Waals surface area contributed by atoms with Crippen molar-refractivity contribution in [3.63, 3.8) is 0 Å². The summed E-state index contributed by atoms with van der Waals surface area (Å²) in [6, 6.07) is 4.85. The lowest BCUT2D eigenvalue weighted by molar-refractivity contribution is -0.138. The summed E-state index contributed by atoms with van der Waals surface area (Å²) in [5.74, 6) is 0.682. The highest BCUT2D eigenvalue weighted by Crippen LogP contribution is 2.36. The molecule has 2 rings (SSSR count). The number of halogens is 3. The predicted octanol–water partition coefficient (Wildman–Crippen LogP) is 5.23. The summed E-state index contributed by atoms with van der Waals surface area (Å²) in [7, 11) is 0. The summed E-state index contributed by atoms with van der Waals surface area (Å²) in [6.07, 6.45) is -2.15. The van der Waals surface area contributed by atoms with Crippen LogP contribution in [0.1, 0.15) is 57.2 Å². The molecule has 1 fully saturated rings. The summed E-state index contributed by atoms with van der Waals surface area (Å²) in [6.45, 7) is 10.2. The number of alkyl halides is 3. The van der Waals surface area contributed by atoms with E-state index in [4.69, 9.17) is 0 Å². The van der Waals surface area contributed by atoms with E-state index in [2.05, 4.69) is 11.8 Å². The lowest BCUT2D eigenvalue weighted by atomic mass is 9.85. The van der Waals surface area contributed by atoms with Crippen LogP contribution in [0.25, 0.3) is 0 Å². The van der Waals surface area contributed by atoms with Crippen molar-refractivity contribution in [2.45, 2.75) is 58.7 Å². The standard InChI is InChI=1S/C18H26F3N/c1-13-7-9-22(10-8-13)12-14-5-6-15(17(2,3)4)11-16(14)18(19,20)21/h5-6,11,13H,7-10,12H2,1-4H3. The van der Waals surface area contributed by atoms with Crippen LogP contribution in [0.2, 0.25) is 0 Å². The van der Waals surface area contributed by atoms with Crippen LogP contribution in [0.3, 0.4) is 0 Å². The van der Waals surface area contributed by atoms with E-state index in [1.54, 1.807) is 6.07 Å². The van der Waals surface area contributed by atoms with Gasteiger partial charge in [0.2, 0.25) is 0 Å². The number of piperidine rings is 1. The lowest BCUT2D eigenvalue weighted by Crippen LogP contribution is -2.33. The van der Waals surface area contributed by atoms with Gasteiger partial charge in [-0.25, -0.2) is 0 Å². The van der Waals surface area contributed by atoms with E-state index >= 15 is 0 Å². The molecule has 4 heteroatoms. The first-order valence-electron chi connectivity index (χ1n) is 8.00. The van der Waals surface area contributed by atoms with Crippen molar-refractivity contribution in [3.8, 4) is 0 Å². The van der Waals surface area contributed by atoms with Crippen LogP contribution in [0, 0.1) is 5.92 Å². The number of hydrogen-bond donors (Lipinski definition) is 0. The van der Waals surface area contributed by atoms with E-state index in [-0.39, 0.29) is 5.41 Å². The molecule has 1 saturated heterocycles. The molecule has 0 aliphatic carbocycles. The zero-order valence-electron chi connectivity index (χ0n) is 13.9. The minimum absolute atomic E-state index is 0.279. The molecule has 1 aliphatic heterocycles. The van der Waals surface area contributed by atoms with Crippen LogP contribution in [-0.4, -0.2) is 18.0 Å². The van der Waals surface area contributed by atoms with Crippen molar-refractivity contribution < 1.29 is 13.2 Å². The Morgan fingerprint density at radius 1 is 1.09 bits per heavy atom. The summed E-state index contributed by atoms with van der Waals surface area (Å²) >= 11 is 0. The Morgan fingerprint density at radius 2 is 1.68 bits per heavy atom. The zero-order valence-corrected chi connectivity index (χ0v) is 13.9. The second-order valence-corrected chi connectivity index (χ2v) is 7.58. The Kier molecular flexibility index (Phi) is 4.90. The quantitative estimate of drug-likeness (QED) is 0.722. The third kappa shape index (κ3) is 4.25. The first kappa shape index (κ1) is 17.3. The fourth-order valence-corrected chi connectivity index (χ4v) is 2.91. The molecule has 124 valence electrons. The smallest absolute Gasteiger partial charge is 0.299 e. The summed E-state index contributed by atoms with van der Waals surface area (Å²) in [5, 5.41) is 0. The molecule has 1 heterocycles. The normalized spacial score (nSPS) is 18.7. The van der Waals surface area contributed by atoms with Crippen molar-refractivity contribution in [2.24, 2.45) is 5.92 Å². The second kappa shape index (κ2) is 6.23. The van der Waals surface area contributed by atoms with Crippen molar-refractivity contribution in [3.05, 3.63) is 34.9 Å². The number of rotatable bonds is 2. The van der Waals surface area contributed by atoms with Crippen molar-refractivity contribution in [1.82, 2.24) is 4.90 Å².